The molecule has 1 aromatic carbocycles. The summed E-state index contributed by atoms with van der Waals surface area (Å²) in [6.45, 7) is 4.58. The SMILES string of the molecule is CNCc1c(C)cc(C)nc1Oc1cccc(F)c1. The quantitative estimate of drug-likeness (QED) is 0.915. The Morgan fingerprint density at radius 2 is 2.05 bits per heavy atom. The number of benzene rings is 1. The lowest BCUT2D eigenvalue weighted by Crippen LogP contribution is -2.09. The molecular weight excluding hydrogens is 243 g/mol. The zero-order chi connectivity index (χ0) is 13.8. The Morgan fingerprint density at radius 1 is 1.26 bits per heavy atom. The minimum absolute atomic E-state index is 0.322. The van der Waals surface area contributed by atoms with Crippen LogP contribution in [0.4, 0.5) is 4.39 Å². The van der Waals surface area contributed by atoms with Gasteiger partial charge in [0.1, 0.15) is 11.6 Å². The molecule has 100 valence electrons. The van der Waals surface area contributed by atoms with E-state index in [1.165, 1.54) is 12.1 Å². The lowest BCUT2D eigenvalue weighted by molar-refractivity contribution is 0.448. The van der Waals surface area contributed by atoms with E-state index < -0.39 is 0 Å². The van der Waals surface area contributed by atoms with E-state index in [1.54, 1.807) is 12.1 Å². The van der Waals surface area contributed by atoms with Gasteiger partial charge in [-0.05, 0) is 44.7 Å². The summed E-state index contributed by atoms with van der Waals surface area (Å²) in [6.07, 6.45) is 0. The summed E-state index contributed by atoms with van der Waals surface area (Å²) in [5, 5.41) is 3.09. The van der Waals surface area contributed by atoms with Gasteiger partial charge in [-0.25, -0.2) is 9.37 Å². The first-order valence-electron chi connectivity index (χ1n) is 6.15. The molecule has 0 aliphatic heterocycles. The molecular formula is C15H17FN2O. The first-order valence-corrected chi connectivity index (χ1v) is 6.15. The average Bonchev–Trinajstić information content (AvgIpc) is 2.33. The van der Waals surface area contributed by atoms with Crippen LogP contribution >= 0.6 is 0 Å². The molecule has 0 atom stereocenters. The smallest absolute Gasteiger partial charge is 0.224 e. The van der Waals surface area contributed by atoms with Crippen molar-refractivity contribution in [2.45, 2.75) is 20.4 Å². The van der Waals surface area contributed by atoms with E-state index in [0.29, 0.717) is 18.2 Å². The van der Waals surface area contributed by atoms with E-state index in [-0.39, 0.29) is 5.82 Å². The third-order valence-electron chi connectivity index (χ3n) is 2.80. The predicted octanol–water partition coefficient (Wildman–Crippen LogP) is 3.35. The summed E-state index contributed by atoms with van der Waals surface area (Å²) in [6, 6.07) is 8.07. The Balaban J connectivity index is 2.38. The lowest BCUT2D eigenvalue weighted by atomic mass is 10.1. The van der Waals surface area contributed by atoms with Crippen molar-refractivity contribution in [1.29, 1.82) is 0 Å². The largest absolute Gasteiger partial charge is 0.439 e. The lowest BCUT2D eigenvalue weighted by Gasteiger charge is -2.13. The Morgan fingerprint density at radius 3 is 2.74 bits per heavy atom. The van der Waals surface area contributed by atoms with Gasteiger partial charge in [0.15, 0.2) is 0 Å². The molecule has 0 spiro atoms. The zero-order valence-electron chi connectivity index (χ0n) is 11.3. The maximum Gasteiger partial charge on any atom is 0.224 e. The van der Waals surface area contributed by atoms with E-state index in [4.69, 9.17) is 4.74 Å². The van der Waals surface area contributed by atoms with Crippen molar-refractivity contribution in [3.8, 4) is 11.6 Å². The number of hydrogen-bond donors (Lipinski definition) is 1. The van der Waals surface area contributed by atoms with Crippen molar-refractivity contribution in [3.63, 3.8) is 0 Å². The highest BCUT2D eigenvalue weighted by Gasteiger charge is 2.10. The second-order valence-electron chi connectivity index (χ2n) is 4.45. The molecule has 1 heterocycles. The van der Waals surface area contributed by atoms with Crippen LogP contribution < -0.4 is 10.1 Å². The number of aryl methyl sites for hydroxylation is 2. The van der Waals surface area contributed by atoms with Gasteiger partial charge in [-0.2, -0.15) is 0 Å². The van der Waals surface area contributed by atoms with Gasteiger partial charge < -0.3 is 10.1 Å². The molecule has 0 saturated carbocycles. The van der Waals surface area contributed by atoms with Crippen LogP contribution in [0.25, 0.3) is 0 Å². The number of rotatable bonds is 4. The van der Waals surface area contributed by atoms with Crippen molar-refractivity contribution < 1.29 is 9.13 Å². The fraction of sp³-hybridized carbons (Fsp3) is 0.267. The third-order valence-corrected chi connectivity index (χ3v) is 2.80. The Labute approximate surface area is 112 Å². The summed E-state index contributed by atoms with van der Waals surface area (Å²) in [4.78, 5) is 4.39. The molecule has 4 heteroatoms. The van der Waals surface area contributed by atoms with Crippen LogP contribution in [0.3, 0.4) is 0 Å². The topological polar surface area (TPSA) is 34.2 Å². The van der Waals surface area contributed by atoms with Gasteiger partial charge in [0, 0.05) is 23.9 Å². The summed E-state index contributed by atoms with van der Waals surface area (Å²) >= 11 is 0. The molecule has 3 nitrogen and oxygen atoms in total. The van der Waals surface area contributed by atoms with Crippen LogP contribution in [0.15, 0.2) is 30.3 Å². The summed E-state index contributed by atoms with van der Waals surface area (Å²) in [5.74, 6) is 0.657. The molecule has 2 rings (SSSR count). The average molecular weight is 260 g/mol. The minimum Gasteiger partial charge on any atom is -0.439 e. The summed E-state index contributed by atoms with van der Waals surface area (Å²) < 4.78 is 18.9. The van der Waals surface area contributed by atoms with Crippen molar-refractivity contribution in [2.24, 2.45) is 0 Å². The van der Waals surface area contributed by atoms with E-state index in [9.17, 15) is 4.39 Å². The molecule has 1 N–H and O–H groups in total. The standard InChI is InChI=1S/C15H17FN2O/c1-10-7-11(2)18-15(14(10)9-17-3)19-13-6-4-5-12(16)8-13/h4-8,17H,9H2,1-3H3. The fourth-order valence-electron chi connectivity index (χ4n) is 1.95. The Bertz CT molecular complexity index is 584. The van der Waals surface area contributed by atoms with Crippen LogP contribution in [0.2, 0.25) is 0 Å². The second kappa shape index (κ2) is 5.80. The summed E-state index contributed by atoms with van der Waals surface area (Å²) in [5.41, 5.74) is 2.97. The number of pyridine rings is 1. The van der Waals surface area contributed by atoms with Crippen LogP contribution in [0.5, 0.6) is 11.6 Å². The maximum atomic E-state index is 13.2. The van der Waals surface area contributed by atoms with E-state index in [0.717, 1.165) is 16.8 Å². The second-order valence-corrected chi connectivity index (χ2v) is 4.45. The molecule has 0 aliphatic carbocycles. The molecule has 0 radical (unpaired) electrons. The summed E-state index contributed by atoms with van der Waals surface area (Å²) in [7, 11) is 1.87. The van der Waals surface area contributed by atoms with Gasteiger partial charge >= 0.3 is 0 Å². The van der Waals surface area contributed by atoms with Gasteiger partial charge in [-0.15, -0.1) is 0 Å². The highest BCUT2D eigenvalue weighted by Crippen LogP contribution is 2.26. The van der Waals surface area contributed by atoms with Gasteiger partial charge in [0.2, 0.25) is 5.88 Å². The molecule has 0 saturated heterocycles. The van der Waals surface area contributed by atoms with Gasteiger partial charge in [-0.3, -0.25) is 0 Å². The number of nitrogens with one attached hydrogen (secondary N) is 1. The number of nitrogens with zero attached hydrogens (tertiary/aromatic N) is 1. The zero-order valence-corrected chi connectivity index (χ0v) is 11.3. The van der Waals surface area contributed by atoms with Crippen LogP contribution in [0, 0.1) is 19.7 Å². The molecule has 0 fully saturated rings. The Kier molecular flexibility index (Phi) is 4.12. The number of ether oxygens (including phenoxy) is 1. The molecule has 19 heavy (non-hydrogen) atoms. The van der Waals surface area contributed by atoms with Gasteiger partial charge in [0.25, 0.3) is 0 Å². The molecule has 0 bridgehead atoms. The van der Waals surface area contributed by atoms with Gasteiger partial charge in [-0.1, -0.05) is 6.07 Å². The fourth-order valence-corrected chi connectivity index (χ4v) is 1.95. The monoisotopic (exact) mass is 260 g/mol. The van der Waals surface area contributed by atoms with Crippen LogP contribution in [0.1, 0.15) is 16.8 Å². The first-order chi connectivity index (χ1) is 9.10. The molecule has 0 amide bonds. The molecule has 2 aromatic rings. The van der Waals surface area contributed by atoms with Gasteiger partial charge in [0.05, 0.1) is 0 Å². The molecule has 0 unspecified atom stereocenters. The highest BCUT2D eigenvalue weighted by molar-refractivity contribution is 5.38. The van der Waals surface area contributed by atoms with Crippen LogP contribution in [-0.2, 0) is 6.54 Å². The molecule has 0 aliphatic rings. The Hall–Kier alpha value is -1.94. The van der Waals surface area contributed by atoms with E-state index >= 15 is 0 Å². The van der Waals surface area contributed by atoms with Crippen LogP contribution in [-0.4, -0.2) is 12.0 Å². The normalized spacial score (nSPS) is 10.5. The number of aromatic nitrogens is 1. The first kappa shape index (κ1) is 13.5. The van der Waals surface area contributed by atoms with E-state index in [1.807, 2.05) is 27.0 Å². The highest BCUT2D eigenvalue weighted by atomic mass is 19.1. The maximum absolute atomic E-state index is 13.2. The number of halogens is 1. The van der Waals surface area contributed by atoms with Crippen molar-refractivity contribution in [2.75, 3.05) is 7.05 Å². The number of hydrogen-bond acceptors (Lipinski definition) is 3. The minimum atomic E-state index is -0.322. The molecule has 1 aromatic heterocycles. The van der Waals surface area contributed by atoms with E-state index in [2.05, 4.69) is 10.3 Å². The van der Waals surface area contributed by atoms with Crippen molar-refractivity contribution in [1.82, 2.24) is 10.3 Å². The third kappa shape index (κ3) is 3.29. The van der Waals surface area contributed by atoms with Crippen molar-refractivity contribution >= 4 is 0 Å². The predicted molar refractivity (Wildman–Crippen MR) is 72.9 cm³/mol. The van der Waals surface area contributed by atoms with Crippen molar-refractivity contribution in [3.05, 3.63) is 53.0 Å².